The molecule has 0 aromatic heterocycles. The molecule has 0 N–H and O–H groups in total. The van der Waals surface area contributed by atoms with Gasteiger partial charge in [-0.05, 0) is 30.7 Å². The Morgan fingerprint density at radius 2 is 1.78 bits per heavy atom. The Kier molecular flexibility index (Phi) is 6.00. The number of carbonyl (C=O) groups excluding carboxylic acids is 2. The minimum absolute atomic E-state index is 0.0108. The normalized spacial score (nSPS) is 20.6. The number of allylic oxidation sites excluding steroid dienone is 1. The number of nitrogens with zero attached hydrogens (tertiary/aromatic N) is 3. The summed E-state index contributed by atoms with van der Waals surface area (Å²) in [6, 6.07) is 9.87. The third-order valence-corrected chi connectivity index (χ3v) is 5.84. The molecule has 2 fully saturated rings. The topological polar surface area (TPSA) is 43.9 Å². The Hall–Kier alpha value is -2.14. The van der Waals surface area contributed by atoms with E-state index in [-0.39, 0.29) is 11.9 Å². The third-order valence-electron chi connectivity index (χ3n) is 5.84. The van der Waals surface area contributed by atoms with E-state index in [0.717, 1.165) is 25.2 Å². The fraction of sp³-hybridized carbons (Fsp3) is 0.545. The van der Waals surface area contributed by atoms with Crippen LogP contribution in [0.4, 0.5) is 4.79 Å². The molecule has 0 saturated carbocycles. The number of benzene rings is 1. The number of urea groups is 1. The molecule has 1 aromatic carbocycles. The molecular weight excluding hydrogens is 338 g/mol. The minimum Gasteiger partial charge on any atom is -0.312 e. The maximum Gasteiger partial charge on any atom is 0.327 e. The summed E-state index contributed by atoms with van der Waals surface area (Å²) in [4.78, 5) is 31.4. The van der Waals surface area contributed by atoms with Gasteiger partial charge in [-0.2, -0.15) is 0 Å². The fourth-order valence-corrected chi connectivity index (χ4v) is 4.07. The van der Waals surface area contributed by atoms with Crippen LogP contribution in [-0.4, -0.2) is 65.4 Å². The first-order chi connectivity index (χ1) is 12.9. The summed E-state index contributed by atoms with van der Waals surface area (Å²) in [7, 11) is 1.79. The first-order valence-corrected chi connectivity index (χ1v) is 9.97. The molecule has 146 valence electrons. The molecule has 3 amide bonds. The van der Waals surface area contributed by atoms with Gasteiger partial charge in [0, 0.05) is 33.2 Å². The summed E-state index contributed by atoms with van der Waals surface area (Å²) in [6.07, 6.45) is 6.55. The van der Waals surface area contributed by atoms with Gasteiger partial charge >= 0.3 is 6.03 Å². The number of rotatable bonds is 6. The number of amides is 3. The zero-order chi connectivity index (χ0) is 19.4. The summed E-state index contributed by atoms with van der Waals surface area (Å²) in [5.74, 6) is 0.544. The Balaban J connectivity index is 1.61. The maximum absolute atomic E-state index is 13.2. The Morgan fingerprint density at radius 1 is 1.11 bits per heavy atom. The molecule has 0 aliphatic carbocycles. The van der Waals surface area contributed by atoms with Crippen molar-refractivity contribution >= 4 is 11.9 Å². The van der Waals surface area contributed by atoms with E-state index < -0.39 is 5.54 Å². The molecule has 2 saturated heterocycles. The lowest BCUT2D eigenvalue weighted by Crippen LogP contribution is -2.55. The van der Waals surface area contributed by atoms with Crippen molar-refractivity contribution < 1.29 is 9.59 Å². The van der Waals surface area contributed by atoms with Gasteiger partial charge in [0.15, 0.2) is 0 Å². The van der Waals surface area contributed by atoms with E-state index in [1.54, 1.807) is 11.9 Å². The van der Waals surface area contributed by atoms with Crippen LogP contribution < -0.4 is 0 Å². The molecule has 1 aromatic rings. The largest absolute Gasteiger partial charge is 0.327 e. The van der Waals surface area contributed by atoms with Gasteiger partial charge in [0.05, 0.1) is 0 Å². The third kappa shape index (κ3) is 4.08. The van der Waals surface area contributed by atoms with Crippen LogP contribution in [0.1, 0.15) is 32.3 Å². The van der Waals surface area contributed by atoms with E-state index in [1.807, 2.05) is 30.3 Å². The summed E-state index contributed by atoms with van der Waals surface area (Å²) in [5, 5.41) is 0. The monoisotopic (exact) mass is 369 g/mol. The molecule has 1 spiro atoms. The first-order valence-electron chi connectivity index (χ1n) is 9.97. The van der Waals surface area contributed by atoms with E-state index in [1.165, 1.54) is 4.90 Å². The molecule has 2 aliphatic rings. The van der Waals surface area contributed by atoms with Crippen LogP contribution in [0.15, 0.2) is 42.5 Å². The average molecular weight is 370 g/mol. The highest BCUT2D eigenvalue weighted by Gasteiger charge is 2.56. The lowest BCUT2D eigenvalue weighted by molar-refractivity contribution is -0.135. The van der Waals surface area contributed by atoms with Crippen molar-refractivity contribution in [2.75, 3.05) is 33.2 Å². The number of likely N-dealkylation sites (N-methyl/N-ethyl adjacent to an activating group) is 1. The van der Waals surface area contributed by atoms with Crippen molar-refractivity contribution in [3.63, 3.8) is 0 Å². The van der Waals surface area contributed by atoms with Gasteiger partial charge in [-0.15, -0.1) is 0 Å². The second-order valence-electron chi connectivity index (χ2n) is 8.04. The molecule has 2 heterocycles. The molecule has 0 atom stereocenters. The van der Waals surface area contributed by atoms with E-state index in [4.69, 9.17) is 0 Å². The van der Waals surface area contributed by atoms with Crippen LogP contribution in [0, 0.1) is 5.92 Å². The van der Waals surface area contributed by atoms with Gasteiger partial charge in [-0.3, -0.25) is 14.6 Å². The lowest BCUT2D eigenvalue weighted by atomic mass is 9.86. The zero-order valence-electron chi connectivity index (χ0n) is 16.7. The number of likely N-dealkylation sites (tertiary alicyclic amines) is 1. The van der Waals surface area contributed by atoms with E-state index >= 15 is 0 Å². The summed E-state index contributed by atoms with van der Waals surface area (Å²) in [5.41, 5.74) is 0.500. The van der Waals surface area contributed by atoms with Crippen LogP contribution in [0.2, 0.25) is 0 Å². The maximum atomic E-state index is 13.2. The van der Waals surface area contributed by atoms with Crippen LogP contribution >= 0.6 is 0 Å². The number of hydrogen-bond donors (Lipinski definition) is 0. The highest BCUT2D eigenvalue weighted by Crippen LogP contribution is 2.36. The number of imide groups is 1. The molecular formula is C22H31N3O2. The molecule has 5 heteroatoms. The smallest absolute Gasteiger partial charge is 0.312 e. The zero-order valence-corrected chi connectivity index (χ0v) is 16.7. The van der Waals surface area contributed by atoms with Crippen molar-refractivity contribution in [3.05, 3.63) is 48.0 Å². The molecule has 3 rings (SSSR count). The highest BCUT2D eigenvalue weighted by atomic mass is 16.2. The quantitative estimate of drug-likeness (QED) is 0.571. The van der Waals surface area contributed by atoms with Gasteiger partial charge in [-0.25, -0.2) is 4.79 Å². The van der Waals surface area contributed by atoms with Crippen molar-refractivity contribution in [1.29, 1.82) is 0 Å². The molecule has 0 radical (unpaired) electrons. The predicted molar refractivity (Wildman–Crippen MR) is 107 cm³/mol. The van der Waals surface area contributed by atoms with Crippen LogP contribution in [0.25, 0.3) is 0 Å². The van der Waals surface area contributed by atoms with Crippen molar-refractivity contribution in [2.45, 2.75) is 38.6 Å². The molecule has 5 nitrogen and oxygen atoms in total. The van der Waals surface area contributed by atoms with E-state index in [9.17, 15) is 9.59 Å². The van der Waals surface area contributed by atoms with E-state index in [0.29, 0.717) is 31.7 Å². The van der Waals surface area contributed by atoms with Gasteiger partial charge in [0.25, 0.3) is 5.91 Å². The van der Waals surface area contributed by atoms with Gasteiger partial charge in [-0.1, -0.05) is 56.3 Å². The van der Waals surface area contributed by atoms with Crippen LogP contribution in [0.3, 0.4) is 0 Å². The molecule has 27 heavy (non-hydrogen) atoms. The Bertz CT molecular complexity index is 691. The summed E-state index contributed by atoms with van der Waals surface area (Å²) >= 11 is 0. The molecule has 0 bridgehead atoms. The first kappa shape index (κ1) is 19.6. The number of piperidine rings is 1. The SMILES string of the molecule is CC(C)/C=C/CN1CCC2(CC1)C(=O)N(CCc1ccccc1)C(=O)N2C. The Labute approximate surface area is 162 Å². The van der Waals surface area contributed by atoms with Gasteiger partial charge in [0.1, 0.15) is 5.54 Å². The lowest BCUT2D eigenvalue weighted by Gasteiger charge is -2.40. The molecule has 0 unspecified atom stereocenters. The second kappa shape index (κ2) is 8.26. The molecule has 2 aliphatic heterocycles. The van der Waals surface area contributed by atoms with E-state index in [2.05, 4.69) is 30.9 Å². The number of carbonyl (C=O) groups is 2. The van der Waals surface area contributed by atoms with Gasteiger partial charge in [0.2, 0.25) is 0 Å². The van der Waals surface area contributed by atoms with Crippen LogP contribution in [0.5, 0.6) is 0 Å². The van der Waals surface area contributed by atoms with Crippen molar-refractivity contribution in [2.24, 2.45) is 5.92 Å². The standard InChI is InChI=1S/C22H31N3O2/c1-18(2)8-7-14-24-16-12-22(13-17-24)20(26)25(21(27)23(22)3)15-11-19-9-5-4-6-10-19/h4-10,18H,11-17H2,1-3H3/b8-7+. The summed E-state index contributed by atoms with van der Waals surface area (Å²) in [6.45, 7) is 7.40. The highest BCUT2D eigenvalue weighted by molar-refractivity contribution is 6.07. The minimum atomic E-state index is -0.647. The average Bonchev–Trinajstić information content (AvgIpc) is 2.84. The van der Waals surface area contributed by atoms with Gasteiger partial charge < -0.3 is 4.90 Å². The number of hydrogen-bond acceptors (Lipinski definition) is 3. The van der Waals surface area contributed by atoms with Crippen molar-refractivity contribution in [3.8, 4) is 0 Å². The fourth-order valence-electron chi connectivity index (χ4n) is 4.07. The summed E-state index contributed by atoms with van der Waals surface area (Å²) < 4.78 is 0. The second-order valence-corrected chi connectivity index (χ2v) is 8.04. The predicted octanol–water partition coefficient (Wildman–Crippen LogP) is 3.17. The van der Waals surface area contributed by atoms with Crippen LogP contribution in [-0.2, 0) is 11.2 Å². The Morgan fingerprint density at radius 3 is 2.41 bits per heavy atom. The van der Waals surface area contributed by atoms with Crippen molar-refractivity contribution in [1.82, 2.24) is 14.7 Å².